The summed E-state index contributed by atoms with van der Waals surface area (Å²) in [5.74, 6) is -1.83. The van der Waals surface area contributed by atoms with Crippen molar-refractivity contribution in [1.82, 2.24) is 14.7 Å². The molecule has 1 aromatic carbocycles. The average Bonchev–Trinajstić information content (AvgIpc) is 3.30. The van der Waals surface area contributed by atoms with Gasteiger partial charge >= 0.3 is 5.97 Å². The van der Waals surface area contributed by atoms with Crippen molar-refractivity contribution in [3.63, 3.8) is 0 Å². The van der Waals surface area contributed by atoms with Crippen molar-refractivity contribution in [1.29, 1.82) is 0 Å². The summed E-state index contributed by atoms with van der Waals surface area (Å²) in [6.45, 7) is 0.216. The number of carbonyl (C=O) groups is 2. The lowest BCUT2D eigenvalue weighted by molar-refractivity contribution is -0.141. The number of nitrogens with zero attached hydrogens (tertiary/aromatic N) is 3. The van der Waals surface area contributed by atoms with Gasteiger partial charge in [-0.3, -0.25) is 4.79 Å². The molecule has 0 bridgehead atoms. The van der Waals surface area contributed by atoms with Crippen molar-refractivity contribution in [2.24, 2.45) is 0 Å². The van der Waals surface area contributed by atoms with Crippen LogP contribution in [0.25, 0.3) is 5.69 Å². The van der Waals surface area contributed by atoms with E-state index >= 15 is 0 Å². The van der Waals surface area contributed by atoms with Crippen molar-refractivity contribution in [3.05, 3.63) is 47.0 Å². The summed E-state index contributed by atoms with van der Waals surface area (Å²) in [5, 5.41) is 14.0. The second kappa shape index (κ2) is 7.35. The summed E-state index contributed by atoms with van der Waals surface area (Å²) in [5.41, 5.74) is 2.56. The molecule has 2 aromatic rings. The number of likely N-dealkylation sites (tertiary alicyclic amines) is 1. The SMILES string of the molecule is COC1CC(C(=O)O)N(C(=O)c2nn(-c3cccc(F)c3)c3c2CCCC3)C1. The van der Waals surface area contributed by atoms with E-state index in [2.05, 4.69) is 5.10 Å². The minimum Gasteiger partial charge on any atom is -0.480 e. The molecule has 0 spiro atoms. The highest BCUT2D eigenvalue weighted by atomic mass is 19.1. The molecule has 0 radical (unpaired) electrons. The van der Waals surface area contributed by atoms with Gasteiger partial charge in [0, 0.05) is 31.3 Å². The van der Waals surface area contributed by atoms with Crippen molar-refractivity contribution >= 4 is 11.9 Å². The molecule has 1 aliphatic heterocycles. The van der Waals surface area contributed by atoms with Crippen LogP contribution in [0.2, 0.25) is 0 Å². The lowest BCUT2D eigenvalue weighted by atomic mass is 9.95. The molecule has 2 heterocycles. The minimum absolute atomic E-state index is 0.216. The third kappa shape index (κ3) is 3.17. The molecule has 1 aliphatic carbocycles. The third-order valence-electron chi connectivity index (χ3n) is 5.58. The second-order valence-electron chi connectivity index (χ2n) is 7.28. The lowest BCUT2D eigenvalue weighted by Crippen LogP contribution is -2.41. The number of hydrogen-bond donors (Lipinski definition) is 1. The fourth-order valence-corrected chi connectivity index (χ4v) is 4.15. The number of methoxy groups -OCH3 is 1. The van der Waals surface area contributed by atoms with Gasteiger partial charge in [0.15, 0.2) is 5.69 Å². The molecule has 2 aliphatic rings. The first kappa shape index (κ1) is 18.6. The van der Waals surface area contributed by atoms with Gasteiger partial charge in [0.2, 0.25) is 0 Å². The van der Waals surface area contributed by atoms with E-state index in [-0.39, 0.29) is 30.6 Å². The van der Waals surface area contributed by atoms with E-state index in [4.69, 9.17) is 4.74 Å². The Morgan fingerprint density at radius 2 is 2.07 bits per heavy atom. The fraction of sp³-hybridized carbons (Fsp3) is 0.450. The number of aliphatic carboxylic acids is 1. The zero-order chi connectivity index (χ0) is 19.8. The summed E-state index contributed by atoms with van der Waals surface area (Å²) < 4.78 is 20.6. The molecule has 1 aromatic heterocycles. The monoisotopic (exact) mass is 387 g/mol. The number of aromatic nitrogens is 2. The maximum Gasteiger partial charge on any atom is 0.326 e. The van der Waals surface area contributed by atoms with Crippen LogP contribution in [0.4, 0.5) is 4.39 Å². The van der Waals surface area contributed by atoms with Crippen molar-refractivity contribution in [2.75, 3.05) is 13.7 Å². The van der Waals surface area contributed by atoms with Gasteiger partial charge in [-0.05, 0) is 43.9 Å². The number of halogens is 1. The molecule has 1 saturated heterocycles. The van der Waals surface area contributed by atoms with Crippen LogP contribution in [0.15, 0.2) is 24.3 Å². The summed E-state index contributed by atoms with van der Waals surface area (Å²) in [4.78, 5) is 26.2. The van der Waals surface area contributed by atoms with Crippen LogP contribution >= 0.6 is 0 Å². The van der Waals surface area contributed by atoms with Crippen molar-refractivity contribution in [2.45, 2.75) is 44.2 Å². The van der Waals surface area contributed by atoms with E-state index in [1.54, 1.807) is 16.8 Å². The molecule has 4 rings (SSSR count). The molecule has 2 atom stereocenters. The van der Waals surface area contributed by atoms with Gasteiger partial charge in [0.25, 0.3) is 5.91 Å². The number of benzene rings is 1. The summed E-state index contributed by atoms with van der Waals surface area (Å²) in [6, 6.07) is 5.16. The normalized spacial score (nSPS) is 21.6. The Morgan fingerprint density at radius 1 is 1.29 bits per heavy atom. The van der Waals surface area contributed by atoms with Crippen LogP contribution in [-0.4, -0.2) is 57.5 Å². The van der Waals surface area contributed by atoms with Gasteiger partial charge in [0.05, 0.1) is 11.8 Å². The summed E-state index contributed by atoms with van der Waals surface area (Å²) >= 11 is 0. The van der Waals surface area contributed by atoms with Crippen LogP contribution < -0.4 is 0 Å². The molecule has 28 heavy (non-hydrogen) atoms. The molecule has 1 N–H and O–H groups in total. The Balaban J connectivity index is 1.75. The van der Waals surface area contributed by atoms with Gasteiger partial charge in [-0.25, -0.2) is 13.9 Å². The molecule has 1 fully saturated rings. The van der Waals surface area contributed by atoms with Gasteiger partial charge in [-0.15, -0.1) is 0 Å². The third-order valence-corrected chi connectivity index (χ3v) is 5.58. The van der Waals surface area contributed by atoms with E-state index in [0.717, 1.165) is 30.5 Å². The summed E-state index contributed by atoms with van der Waals surface area (Å²) in [7, 11) is 1.51. The number of rotatable bonds is 4. The molecular formula is C20H22FN3O4. The van der Waals surface area contributed by atoms with E-state index in [0.29, 0.717) is 12.1 Å². The number of hydrogen-bond acceptors (Lipinski definition) is 4. The average molecular weight is 387 g/mol. The van der Waals surface area contributed by atoms with E-state index < -0.39 is 17.9 Å². The number of carbonyl (C=O) groups excluding carboxylic acids is 1. The predicted octanol–water partition coefficient (Wildman–Crippen LogP) is 2.20. The smallest absolute Gasteiger partial charge is 0.326 e. The zero-order valence-corrected chi connectivity index (χ0v) is 15.6. The molecular weight excluding hydrogens is 365 g/mol. The van der Waals surface area contributed by atoms with Gasteiger partial charge in [-0.2, -0.15) is 5.10 Å². The number of carboxylic acids is 1. The Hall–Kier alpha value is -2.74. The van der Waals surface area contributed by atoms with Crippen molar-refractivity contribution < 1.29 is 23.8 Å². The highest BCUT2D eigenvalue weighted by Gasteiger charge is 2.42. The Morgan fingerprint density at radius 3 is 2.79 bits per heavy atom. The number of amides is 1. The number of ether oxygens (including phenoxy) is 1. The maximum atomic E-state index is 13.7. The Kier molecular flexibility index (Phi) is 4.89. The van der Waals surface area contributed by atoms with Crippen LogP contribution in [0, 0.1) is 5.82 Å². The van der Waals surface area contributed by atoms with Crippen LogP contribution in [-0.2, 0) is 22.4 Å². The molecule has 2 unspecified atom stereocenters. The quantitative estimate of drug-likeness (QED) is 0.870. The zero-order valence-electron chi connectivity index (χ0n) is 15.6. The van der Waals surface area contributed by atoms with Gasteiger partial charge < -0.3 is 14.7 Å². The molecule has 8 heteroatoms. The Bertz CT molecular complexity index is 926. The fourth-order valence-electron chi connectivity index (χ4n) is 4.15. The topological polar surface area (TPSA) is 84.7 Å². The number of carboxylic acid groups (broad SMARTS) is 1. The van der Waals surface area contributed by atoms with Crippen LogP contribution in [0.3, 0.4) is 0 Å². The standard InChI is InChI=1S/C20H22FN3O4/c1-28-14-10-17(20(26)27)23(11-14)19(25)18-15-7-2-3-8-16(15)24(22-18)13-6-4-5-12(21)9-13/h4-6,9,14,17H,2-3,7-8,10-11H2,1H3,(H,26,27). The van der Waals surface area contributed by atoms with Crippen molar-refractivity contribution in [3.8, 4) is 5.69 Å². The van der Waals surface area contributed by atoms with E-state index in [1.165, 1.54) is 24.1 Å². The first-order chi connectivity index (χ1) is 13.5. The second-order valence-corrected chi connectivity index (χ2v) is 7.28. The molecule has 148 valence electrons. The van der Waals surface area contributed by atoms with E-state index in [9.17, 15) is 19.1 Å². The predicted molar refractivity (Wildman–Crippen MR) is 98.0 cm³/mol. The molecule has 0 saturated carbocycles. The largest absolute Gasteiger partial charge is 0.480 e. The van der Waals surface area contributed by atoms with E-state index in [1.807, 2.05) is 0 Å². The van der Waals surface area contributed by atoms with Gasteiger partial charge in [0.1, 0.15) is 11.9 Å². The highest BCUT2D eigenvalue weighted by molar-refractivity contribution is 5.97. The van der Waals surface area contributed by atoms with Gasteiger partial charge in [-0.1, -0.05) is 6.07 Å². The molecule has 7 nitrogen and oxygen atoms in total. The first-order valence-electron chi connectivity index (χ1n) is 9.43. The number of fused-ring (bicyclic) bond motifs is 1. The van der Waals surface area contributed by atoms with Crippen LogP contribution in [0.1, 0.15) is 41.0 Å². The van der Waals surface area contributed by atoms with Crippen LogP contribution in [0.5, 0.6) is 0 Å². The Labute approximate surface area is 161 Å². The lowest BCUT2D eigenvalue weighted by Gasteiger charge is -2.21. The highest BCUT2D eigenvalue weighted by Crippen LogP contribution is 2.30. The first-order valence-corrected chi connectivity index (χ1v) is 9.43. The minimum atomic E-state index is -1.05. The maximum absolute atomic E-state index is 13.7. The molecule has 1 amide bonds. The summed E-state index contributed by atoms with van der Waals surface area (Å²) in [6.07, 6.45) is 3.29.